The summed E-state index contributed by atoms with van der Waals surface area (Å²) in [4.78, 5) is 12.0. The van der Waals surface area contributed by atoms with E-state index in [0.717, 1.165) is 28.7 Å². The molecule has 1 aromatic heterocycles. The van der Waals surface area contributed by atoms with Crippen molar-refractivity contribution in [3.05, 3.63) is 65.9 Å². The van der Waals surface area contributed by atoms with Gasteiger partial charge in [0.2, 0.25) is 0 Å². The highest BCUT2D eigenvalue weighted by molar-refractivity contribution is 5.78. The maximum Gasteiger partial charge on any atom is 0.314 e. The van der Waals surface area contributed by atoms with E-state index in [1.54, 1.807) is 14.2 Å². The van der Waals surface area contributed by atoms with Crippen molar-refractivity contribution in [2.75, 3.05) is 27.3 Å². The maximum atomic E-state index is 12.0. The Morgan fingerprint density at radius 1 is 1.07 bits per heavy atom. The first kappa shape index (κ1) is 18.8. The van der Waals surface area contributed by atoms with Crippen molar-refractivity contribution in [1.29, 1.82) is 0 Å². The van der Waals surface area contributed by atoms with Crippen LogP contribution < -0.4 is 15.4 Å². The minimum absolute atomic E-state index is 0.235. The summed E-state index contributed by atoms with van der Waals surface area (Å²) in [6, 6.07) is 17.3. The molecule has 142 valence electrons. The predicted molar refractivity (Wildman–Crippen MR) is 104 cm³/mol. The zero-order chi connectivity index (χ0) is 19.1. The second-order valence-corrected chi connectivity index (χ2v) is 6.15. The van der Waals surface area contributed by atoms with Gasteiger partial charge in [-0.1, -0.05) is 30.3 Å². The molecule has 1 atom stereocenters. The largest absolute Gasteiger partial charge is 0.497 e. The van der Waals surface area contributed by atoms with Crippen LogP contribution in [-0.4, -0.2) is 33.3 Å². The lowest BCUT2D eigenvalue weighted by molar-refractivity contribution is 0.0865. The third-order valence-corrected chi connectivity index (χ3v) is 4.35. The third kappa shape index (κ3) is 5.01. The number of hydrogen-bond acceptors (Lipinski definition) is 4. The summed E-state index contributed by atoms with van der Waals surface area (Å²) in [5, 5.41) is 6.69. The van der Waals surface area contributed by atoms with Crippen LogP contribution in [0, 0.1) is 0 Å². The molecule has 1 unspecified atom stereocenters. The van der Waals surface area contributed by atoms with Gasteiger partial charge in [-0.15, -0.1) is 0 Å². The maximum absolute atomic E-state index is 12.0. The lowest BCUT2D eigenvalue weighted by atomic mass is 10.1. The van der Waals surface area contributed by atoms with Gasteiger partial charge >= 0.3 is 6.03 Å². The Balaban J connectivity index is 1.45. The highest BCUT2D eigenvalue weighted by Gasteiger charge is 2.16. The van der Waals surface area contributed by atoms with Crippen LogP contribution in [0.4, 0.5) is 4.79 Å². The molecule has 0 radical (unpaired) electrons. The van der Waals surface area contributed by atoms with E-state index >= 15 is 0 Å². The van der Waals surface area contributed by atoms with E-state index in [1.807, 2.05) is 54.6 Å². The van der Waals surface area contributed by atoms with Crippen LogP contribution in [0.25, 0.3) is 11.0 Å². The van der Waals surface area contributed by atoms with E-state index in [2.05, 4.69) is 10.6 Å². The molecule has 3 rings (SSSR count). The van der Waals surface area contributed by atoms with Gasteiger partial charge in [-0.2, -0.15) is 0 Å². The molecule has 0 spiro atoms. The van der Waals surface area contributed by atoms with Gasteiger partial charge in [0.25, 0.3) is 0 Å². The second kappa shape index (κ2) is 9.09. The number of ether oxygens (including phenoxy) is 2. The Hall–Kier alpha value is -2.99. The number of para-hydroxylation sites is 1. The number of nitrogens with one attached hydrogen (secondary N) is 2. The van der Waals surface area contributed by atoms with E-state index in [9.17, 15) is 4.79 Å². The number of carbonyl (C=O) groups excluding carboxylic acids is 1. The van der Waals surface area contributed by atoms with Gasteiger partial charge in [0.15, 0.2) is 0 Å². The van der Waals surface area contributed by atoms with E-state index in [0.29, 0.717) is 18.8 Å². The number of benzene rings is 2. The van der Waals surface area contributed by atoms with Gasteiger partial charge in [0.05, 0.1) is 13.7 Å². The number of amides is 2. The number of methoxy groups -OCH3 is 2. The van der Waals surface area contributed by atoms with Crippen molar-refractivity contribution in [1.82, 2.24) is 10.6 Å². The number of hydrogen-bond donors (Lipinski definition) is 2. The van der Waals surface area contributed by atoms with Crippen molar-refractivity contribution in [2.45, 2.75) is 12.5 Å². The van der Waals surface area contributed by atoms with Crippen molar-refractivity contribution < 1.29 is 18.7 Å². The fourth-order valence-corrected chi connectivity index (χ4v) is 2.82. The number of fused-ring (bicyclic) bond motifs is 1. The van der Waals surface area contributed by atoms with Crippen LogP contribution in [0.3, 0.4) is 0 Å². The van der Waals surface area contributed by atoms with E-state index in [4.69, 9.17) is 13.9 Å². The molecule has 1 heterocycles. The van der Waals surface area contributed by atoms with Crippen molar-refractivity contribution in [3.63, 3.8) is 0 Å². The molecule has 6 nitrogen and oxygen atoms in total. The lowest BCUT2D eigenvalue weighted by Crippen LogP contribution is -2.38. The number of rotatable bonds is 8. The highest BCUT2D eigenvalue weighted by Crippen LogP contribution is 2.25. The van der Waals surface area contributed by atoms with Crippen molar-refractivity contribution in [3.8, 4) is 5.75 Å². The number of urea groups is 1. The molecule has 3 aromatic rings. The molecule has 27 heavy (non-hydrogen) atoms. The fraction of sp³-hybridized carbons (Fsp3) is 0.286. The van der Waals surface area contributed by atoms with E-state index in [1.165, 1.54) is 0 Å². The quantitative estimate of drug-likeness (QED) is 0.636. The summed E-state index contributed by atoms with van der Waals surface area (Å²) < 4.78 is 16.4. The first-order chi connectivity index (χ1) is 13.2. The van der Waals surface area contributed by atoms with Gasteiger partial charge in [0, 0.05) is 19.0 Å². The van der Waals surface area contributed by atoms with Gasteiger partial charge < -0.3 is 24.5 Å². The average Bonchev–Trinajstić information content (AvgIpc) is 3.13. The van der Waals surface area contributed by atoms with Gasteiger partial charge in [0.1, 0.15) is 23.2 Å². The minimum Gasteiger partial charge on any atom is -0.497 e. The molecule has 2 amide bonds. The number of carbonyl (C=O) groups is 1. The minimum atomic E-state index is -0.343. The van der Waals surface area contributed by atoms with Crippen molar-refractivity contribution in [2.24, 2.45) is 0 Å². The Morgan fingerprint density at radius 3 is 2.56 bits per heavy atom. The van der Waals surface area contributed by atoms with Gasteiger partial charge in [-0.25, -0.2) is 4.79 Å². The summed E-state index contributed by atoms with van der Waals surface area (Å²) >= 11 is 0. The smallest absolute Gasteiger partial charge is 0.314 e. The fourth-order valence-electron chi connectivity index (χ4n) is 2.82. The zero-order valence-corrected chi connectivity index (χ0v) is 15.5. The standard InChI is InChI=1S/C21H24N2O4/c1-25-17-9-7-15(8-10-17)11-12-22-21(24)23-14-20(26-2)19-13-16-5-3-4-6-18(16)27-19/h3-10,13,20H,11-12,14H2,1-2H3,(H2,22,23,24). The lowest BCUT2D eigenvalue weighted by Gasteiger charge is -2.14. The summed E-state index contributed by atoms with van der Waals surface area (Å²) in [6.45, 7) is 0.866. The summed E-state index contributed by atoms with van der Waals surface area (Å²) in [5.74, 6) is 1.51. The molecule has 2 N–H and O–H groups in total. The first-order valence-corrected chi connectivity index (χ1v) is 8.85. The molecule has 0 aliphatic rings. The monoisotopic (exact) mass is 368 g/mol. The molecule has 2 aromatic carbocycles. The van der Waals surface area contributed by atoms with Crippen LogP contribution in [0.2, 0.25) is 0 Å². The first-order valence-electron chi connectivity index (χ1n) is 8.85. The van der Waals surface area contributed by atoms with Gasteiger partial charge in [-0.05, 0) is 36.2 Å². The Morgan fingerprint density at radius 2 is 1.85 bits per heavy atom. The normalized spacial score (nSPS) is 11.9. The Kier molecular flexibility index (Phi) is 6.33. The average molecular weight is 368 g/mol. The Bertz CT molecular complexity index is 840. The predicted octanol–water partition coefficient (Wildman–Crippen LogP) is 3.67. The third-order valence-electron chi connectivity index (χ3n) is 4.35. The molecular formula is C21H24N2O4. The van der Waals surface area contributed by atoms with Crippen LogP contribution in [-0.2, 0) is 11.2 Å². The Labute approximate surface area is 158 Å². The molecule has 0 bridgehead atoms. The molecule has 0 fully saturated rings. The topological polar surface area (TPSA) is 72.7 Å². The molecule has 0 aliphatic carbocycles. The summed E-state index contributed by atoms with van der Waals surface area (Å²) in [7, 11) is 3.24. The molecule has 0 aliphatic heterocycles. The molecule has 0 saturated heterocycles. The second-order valence-electron chi connectivity index (χ2n) is 6.15. The van der Waals surface area contributed by atoms with E-state index < -0.39 is 0 Å². The van der Waals surface area contributed by atoms with Crippen molar-refractivity contribution >= 4 is 17.0 Å². The van der Waals surface area contributed by atoms with Crippen LogP contribution in [0.1, 0.15) is 17.4 Å². The van der Waals surface area contributed by atoms with Crippen LogP contribution in [0.5, 0.6) is 5.75 Å². The van der Waals surface area contributed by atoms with E-state index in [-0.39, 0.29) is 12.1 Å². The van der Waals surface area contributed by atoms with Gasteiger partial charge in [-0.3, -0.25) is 0 Å². The van der Waals surface area contributed by atoms with Crippen LogP contribution >= 0.6 is 0 Å². The van der Waals surface area contributed by atoms with Crippen LogP contribution in [0.15, 0.2) is 59.0 Å². The highest BCUT2D eigenvalue weighted by atomic mass is 16.5. The molecular weight excluding hydrogens is 344 g/mol. The summed E-state index contributed by atoms with van der Waals surface area (Å²) in [6.07, 6.45) is 0.402. The summed E-state index contributed by atoms with van der Waals surface area (Å²) in [5.41, 5.74) is 1.94. The zero-order valence-electron chi connectivity index (χ0n) is 15.5. The SMILES string of the molecule is COc1ccc(CCNC(=O)NCC(OC)c2cc3ccccc3o2)cc1. The molecule has 6 heteroatoms. The molecule has 0 saturated carbocycles. The number of furan rings is 1.